The second kappa shape index (κ2) is 8.95. The summed E-state index contributed by atoms with van der Waals surface area (Å²) in [4.78, 5) is 22.4. The number of hydrogen-bond acceptors (Lipinski definition) is 3. The number of carbonyl (C=O) groups is 2. The van der Waals surface area contributed by atoms with E-state index in [1.807, 2.05) is 6.92 Å². The van der Waals surface area contributed by atoms with Gasteiger partial charge in [-0.05, 0) is 25.7 Å². The maximum absolute atomic E-state index is 12.0. The van der Waals surface area contributed by atoms with Gasteiger partial charge in [0.05, 0.1) is 12.5 Å². The van der Waals surface area contributed by atoms with Crippen molar-refractivity contribution >= 4 is 11.9 Å². The van der Waals surface area contributed by atoms with Crippen LogP contribution in [-0.4, -0.2) is 24.2 Å². The smallest absolute Gasteiger partial charge is 0.311 e. The first-order valence-corrected chi connectivity index (χ1v) is 6.82. The van der Waals surface area contributed by atoms with Gasteiger partial charge in [0, 0.05) is 6.42 Å². The van der Waals surface area contributed by atoms with Gasteiger partial charge in [-0.15, -0.1) is 0 Å². The minimum absolute atomic E-state index is 0.145. The van der Waals surface area contributed by atoms with E-state index >= 15 is 0 Å². The standard InChI is InChI=1S/C14H26O4/c1-4-6-10-14(5-2,13(17)18-3)11-8-7-9-12(15)16/h4-11H2,1-3H3,(H,15,16). The second-order valence-corrected chi connectivity index (χ2v) is 4.83. The van der Waals surface area contributed by atoms with Gasteiger partial charge in [-0.1, -0.05) is 33.1 Å². The van der Waals surface area contributed by atoms with Gasteiger partial charge in [0.25, 0.3) is 0 Å². The molecule has 0 aliphatic heterocycles. The zero-order chi connectivity index (χ0) is 14.0. The number of carboxylic acids is 1. The predicted octanol–water partition coefficient (Wildman–Crippen LogP) is 3.39. The highest BCUT2D eigenvalue weighted by molar-refractivity contribution is 5.76. The maximum atomic E-state index is 12.0. The summed E-state index contributed by atoms with van der Waals surface area (Å²) in [6.07, 6.45) is 5.93. The summed E-state index contributed by atoms with van der Waals surface area (Å²) in [6.45, 7) is 4.10. The topological polar surface area (TPSA) is 63.6 Å². The summed E-state index contributed by atoms with van der Waals surface area (Å²) < 4.78 is 4.93. The summed E-state index contributed by atoms with van der Waals surface area (Å²) in [5.41, 5.74) is -0.413. The fourth-order valence-electron chi connectivity index (χ4n) is 2.30. The molecule has 0 aromatic rings. The van der Waals surface area contributed by atoms with Crippen molar-refractivity contribution in [3.8, 4) is 0 Å². The van der Waals surface area contributed by atoms with Gasteiger partial charge < -0.3 is 9.84 Å². The van der Waals surface area contributed by atoms with Crippen LogP contribution >= 0.6 is 0 Å². The Balaban J connectivity index is 4.43. The third-order valence-electron chi connectivity index (χ3n) is 3.60. The fourth-order valence-corrected chi connectivity index (χ4v) is 2.30. The lowest BCUT2D eigenvalue weighted by Gasteiger charge is -2.29. The third kappa shape index (κ3) is 5.52. The van der Waals surface area contributed by atoms with Crippen LogP contribution in [0.2, 0.25) is 0 Å². The number of esters is 1. The molecule has 4 nitrogen and oxygen atoms in total. The zero-order valence-corrected chi connectivity index (χ0v) is 11.8. The van der Waals surface area contributed by atoms with E-state index in [-0.39, 0.29) is 12.4 Å². The molecular weight excluding hydrogens is 232 g/mol. The van der Waals surface area contributed by atoms with Crippen LogP contribution < -0.4 is 0 Å². The van der Waals surface area contributed by atoms with Crippen LogP contribution in [0.1, 0.15) is 65.2 Å². The lowest BCUT2D eigenvalue weighted by molar-refractivity contribution is -0.154. The highest BCUT2D eigenvalue weighted by atomic mass is 16.5. The molecule has 0 bridgehead atoms. The Bertz CT molecular complexity index is 263. The Morgan fingerprint density at radius 1 is 1.11 bits per heavy atom. The van der Waals surface area contributed by atoms with Crippen LogP contribution in [0, 0.1) is 5.41 Å². The van der Waals surface area contributed by atoms with Crippen molar-refractivity contribution < 1.29 is 19.4 Å². The van der Waals surface area contributed by atoms with Gasteiger partial charge in [-0.3, -0.25) is 9.59 Å². The number of methoxy groups -OCH3 is 1. The third-order valence-corrected chi connectivity index (χ3v) is 3.60. The lowest BCUT2D eigenvalue weighted by atomic mass is 9.76. The van der Waals surface area contributed by atoms with E-state index in [0.29, 0.717) is 6.42 Å². The van der Waals surface area contributed by atoms with Crippen molar-refractivity contribution in [1.82, 2.24) is 0 Å². The van der Waals surface area contributed by atoms with Gasteiger partial charge in [0.2, 0.25) is 0 Å². The molecule has 0 aromatic carbocycles. The molecule has 0 fully saturated rings. The molecule has 1 N–H and O–H groups in total. The maximum Gasteiger partial charge on any atom is 0.311 e. The van der Waals surface area contributed by atoms with Crippen molar-refractivity contribution in [2.24, 2.45) is 5.41 Å². The lowest BCUT2D eigenvalue weighted by Crippen LogP contribution is -2.32. The molecule has 0 spiro atoms. The number of hydrogen-bond donors (Lipinski definition) is 1. The number of unbranched alkanes of at least 4 members (excludes halogenated alkanes) is 2. The molecule has 0 aliphatic rings. The SMILES string of the molecule is CCCCC(CC)(CCCCC(=O)O)C(=O)OC. The molecule has 1 atom stereocenters. The number of rotatable bonds is 10. The van der Waals surface area contributed by atoms with E-state index in [4.69, 9.17) is 9.84 Å². The molecule has 18 heavy (non-hydrogen) atoms. The van der Waals surface area contributed by atoms with E-state index in [1.165, 1.54) is 7.11 Å². The monoisotopic (exact) mass is 258 g/mol. The summed E-state index contributed by atoms with van der Waals surface area (Å²) in [7, 11) is 1.43. The van der Waals surface area contributed by atoms with Gasteiger partial charge >= 0.3 is 11.9 Å². The van der Waals surface area contributed by atoms with Crippen molar-refractivity contribution in [2.75, 3.05) is 7.11 Å². The van der Waals surface area contributed by atoms with Gasteiger partial charge in [-0.25, -0.2) is 0 Å². The van der Waals surface area contributed by atoms with Crippen molar-refractivity contribution in [3.05, 3.63) is 0 Å². The average Bonchev–Trinajstić information content (AvgIpc) is 2.37. The van der Waals surface area contributed by atoms with Crippen LogP contribution in [0.3, 0.4) is 0 Å². The predicted molar refractivity (Wildman–Crippen MR) is 70.4 cm³/mol. The minimum Gasteiger partial charge on any atom is -0.481 e. The summed E-state index contributed by atoms with van der Waals surface area (Å²) in [6, 6.07) is 0. The normalized spacial score (nSPS) is 13.9. The van der Waals surface area contributed by atoms with E-state index in [1.54, 1.807) is 0 Å². The first-order valence-electron chi connectivity index (χ1n) is 6.82. The molecule has 0 radical (unpaired) electrons. The molecular formula is C14H26O4. The Morgan fingerprint density at radius 3 is 2.17 bits per heavy atom. The van der Waals surface area contributed by atoms with Crippen LogP contribution in [0.25, 0.3) is 0 Å². The molecule has 0 rings (SSSR count). The first-order chi connectivity index (χ1) is 8.52. The summed E-state index contributed by atoms with van der Waals surface area (Å²) in [5, 5.41) is 8.61. The summed E-state index contributed by atoms with van der Waals surface area (Å²) >= 11 is 0. The van der Waals surface area contributed by atoms with Crippen molar-refractivity contribution in [1.29, 1.82) is 0 Å². The van der Waals surface area contributed by atoms with Gasteiger partial charge in [0.1, 0.15) is 0 Å². The fraction of sp³-hybridized carbons (Fsp3) is 0.857. The molecule has 0 saturated carbocycles. The molecule has 0 amide bonds. The van der Waals surface area contributed by atoms with Crippen LogP contribution in [0.4, 0.5) is 0 Å². The van der Waals surface area contributed by atoms with E-state index in [2.05, 4.69) is 6.92 Å². The molecule has 1 unspecified atom stereocenters. The highest BCUT2D eigenvalue weighted by Crippen LogP contribution is 2.36. The van der Waals surface area contributed by atoms with E-state index < -0.39 is 11.4 Å². The molecule has 0 aromatic heterocycles. The molecule has 0 heterocycles. The number of carboxylic acid groups (broad SMARTS) is 1. The van der Waals surface area contributed by atoms with E-state index in [9.17, 15) is 9.59 Å². The number of carbonyl (C=O) groups excluding carboxylic acids is 1. The Kier molecular flexibility index (Phi) is 8.42. The average molecular weight is 258 g/mol. The molecule has 4 heteroatoms. The summed E-state index contributed by atoms with van der Waals surface area (Å²) in [5.74, 6) is -0.919. The largest absolute Gasteiger partial charge is 0.481 e. The first kappa shape index (κ1) is 16.9. The highest BCUT2D eigenvalue weighted by Gasteiger charge is 2.36. The Labute approximate surface area is 110 Å². The van der Waals surface area contributed by atoms with Crippen LogP contribution in [0.15, 0.2) is 0 Å². The van der Waals surface area contributed by atoms with Gasteiger partial charge in [-0.2, -0.15) is 0 Å². The van der Waals surface area contributed by atoms with Crippen molar-refractivity contribution in [3.63, 3.8) is 0 Å². The molecule has 106 valence electrons. The quantitative estimate of drug-likeness (QED) is 0.482. The molecule has 0 aliphatic carbocycles. The van der Waals surface area contributed by atoms with Crippen molar-refractivity contribution in [2.45, 2.75) is 65.2 Å². The number of aliphatic carboxylic acids is 1. The second-order valence-electron chi connectivity index (χ2n) is 4.83. The minimum atomic E-state index is -0.774. The van der Waals surface area contributed by atoms with Crippen LogP contribution in [0.5, 0.6) is 0 Å². The Morgan fingerprint density at radius 2 is 1.72 bits per heavy atom. The molecule has 0 saturated heterocycles. The zero-order valence-electron chi connectivity index (χ0n) is 11.8. The van der Waals surface area contributed by atoms with Crippen LogP contribution in [-0.2, 0) is 14.3 Å². The Hall–Kier alpha value is -1.06. The number of ether oxygens (including phenoxy) is 1. The van der Waals surface area contributed by atoms with E-state index in [0.717, 1.165) is 38.5 Å². The van der Waals surface area contributed by atoms with Gasteiger partial charge in [0.15, 0.2) is 0 Å².